The number of benzene rings is 3. The third-order valence-electron chi connectivity index (χ3n) is 4.43. The van der Waals surface area contributed by atoms with Crippen LogP contribution in [0.1, 0.15) is 22.3 Å². The zero-order valence-electron chi connectivity index (χ0n) is 16.5. The molecule has 0 heterocycles. The van der Waals surface area contributed by atoms with Crippen molar-refractivity contribution in [3.63, 3.8) is 0 Å². The summed E-state index contributed by atoms with van der Waals surface area (Å²) in [4.78, 5) is 12.5. The van der Waals surface area contributed by atoms with E-state index in [0.29, 0.717) is 12.3 Å². The third kappa shape index (κ3) is 5.57. The number of nitriles is 1. The van der Waals surface area contributed by atoms with E-state index in [0.717, 1.165) is 28.0 Å². The van der Waals surface area contributed by atoms with E-state index in [1.54, 1.807) is 6.08 Å². The van der Waals surface area contributed by atoms with E-state index < -0.39 is 5.91 Å². The number of carbonyl (C=O) groups excluding carboxylic acids is 1. The normalized spacial score (nSPS) is 10.9. The lowest BCUT2D eigenvalue weighted by Gasteiger charge is -2.09. The van der Waals surface area contributed by atoms with Crippen molar-refractivity contribution in [2.24, 2.45) is 0 Å². The van der Waals surface area contributed by atoms with Crippen LogP contribution >= 0.6 is 0 Å². The summed E-state index contributed by atoms with van der Waals surface area (Å²) < 4.78 is 5.76. The van der Waals surface area contributed by atoms with Crippen LogP contribution in [0.4, 0.5) is 5.69 Å². The van der Waals surface area contributed by atoms with Gasteiger partial charge in [-0.05, 0) is 54.8 Å². The first-order valence-electron chi connectivity index (χ1n) is 9.32. The molecule has 29 heavy (non-hydrogen) atoms. The summed E-state index contributed by atoms with van der Waals surface area (Å²) in [6.07, 6.45) is 1.57. The van der Waals surface area contributed by atoms with E-state index in [1.165, 1.54) is 0 Å². The maximum atomic E-state index is 12.5. The van der Waals surface area contributed by atoms with Crippen LogP contribution in [-0.4, -0.2) is 5.91 Å². The molecule has 0 aliphatic rings. The van der Waals surface area contributed by atoms with Crippen LogP contribution in [0.5, 0.6) is 5.75 Å². The average Bonchev–Trinajstić information content (AvgIpc) is 2.74. The van der Waals surface area contributed by atoms with Crippen LogP contribution < -0.4 is 10.1 Å². The van der Waals surface area contributed by atoms with Gasteiger partial charge in [0, 0.05) is 5.69 Å². The molecule has 0 atom stereocenters. The van der Waals surface area contributed by atoms with Gasteiger partial charge in [-0.1, -0.05) is 60.2 Å². The summed E-state index contributed by atoms with van der Waals surface area (Å²) in [5.74, 6) is 0.299. The van der Waals surface area contributed by atoms with Crippen molar-refractivity contribution in [3.8, 4) is 11.8 Å². The Labute approximate surface area is 171 Å². The number of nitrogens with one attached hydrogen (secondary N) is 1. The second kappa shape index (κ2) is 9.38. The van der Waals surface area contributed by atoms with Gasteiger partial charge in [0.15, 0.2) is 0 Å². The molecule has 3 aromatic carbocycles. The molecule has 3 rings (SSSR count). The number of rotatable bonds is 6. The molecule has 0 bridgehead atoms. The Morgan fingerprint density at radius 1 is 1.03 bits per heavy atom. The minimum atomic E-state index is -0.427. The number of amides is 1. The Hall–Kier alpha value is -3.84. The summed E-state index contributed by atoms with van der Waals surface area (Å²) in [6, 6.07) is 24.9. The van der Waals surface area contributed by atoms with E-state index in [1.807, 2.05) is 92.7 Å². The molecule has 0 aliphatic carbocycles. The third-order valence-corrected chi connectivity index (χ3v) is 4.43. The molecule has 0 saturated heterocycles. The van der Waals surface area contributed by atoms with E-state index >= 15 is 0 Å². The monoisotopic (exact) mass is 382 g/mol. The smallest absolute Gasteiger partial charge is 0.266 e. The highest BCUT2D eigenvalue weighted by Crippen LogP contribution is 2.19. The molecule has 144 valence electrons. The summed E-state index contributed by atoms with van der Waals surface area (Å²) in [7, 11) is 0. The minimum Gasteiger partial charge on any atom is -0.489 e. The first kappa shape index (κ1) is 19.9. The fraction of sp³-hybridized carbons (Fsp3) is 0.120. The van der Waals surface area contributed by atoms with Crippen molar-refractivity contribution >= 4 is 17.7 Å². The Morgan fingerprint density at radius 2 is 1.76 bits per heavy atom. The topological polar surface area (TPSA) is 62.1 Å². The van der Waals surface area contributed by atoms with Crippen LogP contribution in [0.25, 0.3) is 6.08 Å². The molecule has 1 amide bonds. The van der Waals surface area contributed by atoms with Crippen LogP contribution in [0.15, 0.2) is 78.4 Å². The van der Waals surface area contributed by atoms with Gasteiger partial charge in [0.1, 0.15) is 24.0 Å². The number of nitrogens with zero attached hydrogens (tertiary/aromatic N) is 1. The van der Waals surface area contributed by atoms with Crippen LogP contribution in [0.3, 0.4) is 0 Å². The van der Waals surface area contributed by atoms with Gasteiger partial charge in [0.2, 0.25) is 0 Å². The zero-order valence-corrected chi connectivity index (χ0v) is 16.5. The Kier molecular flexibility index (Phi) is 6.44. The molecule has 3 aromatic rings. The lowest BCUT2D eigenvalue weighted by molar-refractivity contribution is -0.112. The molecule has 0 aromatic heterocycles. The van der Waals surface area contributed by atoms with Gasteiger partial charge in [0.05, 0.1) is 0 Å². The highest BCUT2D eigenvalue weighted by molar-refractivity contribution is 6.09. The summed E-state index contributed by atoms with van der Waals surface area (Å²) in [5.41, 5.74) is 4.66. The van der Waals surface area contributed by atoms with Crippen molar-refractivity contribution in [2.45, 2.75) is 20.5 Å². The molecule has 4 nitrogen and oxygen atoms in total. The Bertz CT molecular complexity index is 1060. The molecule has 0 aliphatic heterocycles. The van der Waals surface area contributed by atoms with Gasteiger partial charge in [-0.3, -0.25) is 4.79 Å². The van der Waals surface area contributed by atoms with E-state index in [4.69, 9.17) is 4.74 Å². The van der Waals surface area contributed by atoms with E-state index in [2.05, 4.69) is 5.32 Å². The van der Waals surface area contributed by atoms with Crippen molar-refractivity contribution < 1.29 is 9.53 Å². The van der Waals surface area contributed by atoms with Crippen LogP contribution in [0, 0.1) is 25.2 Å². The second-order valence-corrected chi connectivity index (χ2v) is 6.79. The number of aryl methyl sites for hydroxylation is 2. The Balaban J connectivity index is 1.66. The fourth-order valence-corrected chi connectivity index (χ4v) is 2.86. The van der Waals surface area contributed by atoms with Gasteiger partial charge in [0.25, 0.3) is 5.91 Å². The van der Waals surface area contributed by atoms with Gasteiger partial charge in [-0.2, -0.15) is 5.26 Å². The predicted octanol–water partition coefficient (Wildman–Crippen LogP) is 5.43. The fourth-order valence-electron chi connectivity index (χ4n) is 2.86. The second-order valence-electron chi connectivity index (χ2n) is 6.79. The molecule has 0 unspecified atom stereocenters. The maximum Gasteiger partial charge on any atom is 0.266 e. The lowest BCUT2D eigenvalue weighted by Crippen LogP contribution is -2.14. The number of anilines is 1. The summed E-state index contributed by atoms with van der Waals surface area (Å²) in [5, 5.41) is 12.2. The first-order valence-corrected chi connectivity index (χ1v) is 9.32. The van der Waals surface area contributed by atoms with Crippen molar-refractivity contribution in [1.82, 2.24) is 0 Å². The van der Waals surface area contributed by atoms with Crippen LogP contribution in [-0.2, 0) is 11.4 Å². The first-order chi connectivity index (χ1) is 14.0. The molecule has 1 N–H and O–H groups in total. The van der Waals surface area contributed by atoms with Gasteiger partial charge < -0.3 is 10.1 Å². The van der Waals surface area contributed by atoms with E-state index in [9.17, 15) is 10.1 Å². The summed E-state index contributed by atoms with van der Waals surface area (Å²) in [6.45, 7) is 4.40. The summed E-state index contributed by atoms with van der Waals surface area (Å²) >= 11 is 0. The highest BCUT2D eigenvalue weighted by Gasteiger charge is 2.11. The van der Waals surface area contributed by atoms with Gasteiger partial charge in [-0.15, -0.1) is 0 Å². The van der Waals surface area contributed by atoms with Crippen molar-refractivity contribution in [2.75, 3.05) is 5.32 Å². The highest BCUT2D eigenvalue weighted by atomic mass is 16.5. The Morgan fingerprint density at radius 3 is 2.41 bits per heavy atom. The molecule has 0 radical (unpaired) electrons. The standard InChI is InChI=1S/C25H22N2O2/c1-18-8-13-24(19(2)14-18)27-25(28)22(16-26)15-20-9-11-23(12-10-20)29-17-21-6-4-3-5-7-21/h3-15H,17H2,1-2H3,(H,27,28)/b22-15+. The number of ether oxygens (including phenoxy) is 1. The minimum absolute atomic E-state index is 0.0444. The number of hydrogen-bond donors (Lipinski definition) is 1. The molecule has 0 fully saturated rings. The maximum absolute atomic E-state index is 12.5. The molecule has 0 spiro atoms. The van der Waals surface area contributed by atoms with Gasteiger partial charge in [-0.25, -0.2) is 0 Å². The lowest BCUT2D eigenvalue weighted by atomic mass is 10.1. The molecule has 4 heteroatoms. The van der Waals surface area contributed by atoms with Crippen molar-refractivity contribution in [1.29, 1.82) is 5.26 Å². The number of carbonyl (C=O) groups is 1. The quantitative estimate of drug-likeness (QED) is 0.457. The molecular formula is C25H22N2O2. The van der Waals surface area contributed by atoms with Gasteiger partial charge >= 0.3 is 0 Å². The predicted molar refractivity (Wildman–Crippen MR) is 115 cm³/mol. The largest absolute Gasteiger partial charge is 0.489 e. The SMILES string of the molecule is Cc1ccc(NC(=O)/C(C#N)=C/c2ccc(OCc3ccccc3)cc2)c(C)c1. The number of hydrogen-bond acceptors (Lipinski definition) is 3. The van der Waals surface area contributed by atoms with Crippen molar-refractivity contribution in [3.05, 3.63) is 101 Å². The average molecular weight is 382 g/mol. The van der Waals surface area contributed by atoms with E-state index in [-0.39, 0.29) is 5.57 Å². The zero-order chi connectivity index (χ0) is 20.6. The molecular weight excluding hydrogens is 360 g/mol. The molecule has 0 saturated carbocycles. The van der Waals surface area contributed by atoms with Crippen LogP contribution in [0.2, 0.25) is 0 Å².